The van der Waals surface area contributed by atoms with Crippen LogP contribution in [0.25, 0.3) is 0 Å². The number of nitrogens with two attached hydrogens (primary N) is 1. The van der Waals surface area contributed by atoms with Gasteiger partial charge in [-0.15, -0.1) is 0 Å². The molecular weight excluding hydrogens is 218 g/mol. The minimum atomic E-state index is -0.263. The van der Waals surface area contributed by atoms with Gasteiger partial charge >= 0.3 is 0 Å². The SMILES string of the molecule is CN(CCO)C(=O)c1ncccc1C#CCN. The molecule has 5 heteroatoms. The summed E-state index contributed by atoms with van der Waals surface area (Å²) < 4.78 is 0. The Bertz CT molecular complexity index is 449. The van der Waals surface area contributed by atoms with Crippen LogP contribution in [0.1, 0.15) is 16.1 Å². The lowest BCUT2D eigenvalue weighted by Crippen LogP contribution is -2.30. The maximum atomic E-state index is 12.0. The van der Waals surface area contributed by atoms with E-state index in [0.717, 1.165) is 0 Å². The Morgan fingerprint density at radius 1 is 1.65 bits per heavy atom. The summed E-state index contributed by atoms with van der Waals surface area (Å²) in [6, 6.07) is 3.43. The summed E-state index contributed by atoms with van der Waals surface area (Å²) in [5.41, 5.74) is 6.12. The number of nitrogens with zero attached hydrogens (tertiary/aromatic N) is 2. The highest BCUT2D eigenvalue weighted by molar-refractivity contribution is 5.94. The summed E-state index contributed by atoms with van der Waals surface area (Å²) in [7, 11) is 1.60. The molecule has 0 aromatic carbocycles. The fraction of sp³-hybridized carbons (Fsp3) is 0.333. The Balaban J connectivity index is 3.00. The maximum Gasteiger partial charge on any atom is 0.273 e. The molecule has 90 valence electrons. The highest BCUT2D eigenvalue weighted by atomic mass is 16.3. The van der Waals surface area contributed by atoms with Crippen molar-refractivity contribution in [1.29, 1.82) is 0 Å². The zero-order valence-electron chi connectivity index (χ0n) is 9.68. The van der Waals surface area contributed by atoms with Crippen molar-refractivity contribution in [2.45, 2.75) is 0 Å². The Morgan fingerprint density at radius 2 is 2.41 bits per heavy atom. The molecule has 1 aromatic rings. The van der Waals surface area contributed by atoms with Crippen LogP contribution in [0.5, 0.6) is 0 Å². The van der Waals surface area contributed by atoms with Crippen LogP contribution in [-0.4, -0.2) is 47.6 Å². The van der Waals surface area contributed by atoms with E-state index in [4.69, 9.17) is 10.8 Å². The normalized spacial score (nSPS) is 9.35. The van der Waals surface area contributed by atoms with Crippen LogP contribution >= 0.6 is 0 Å². The second-order valence-corrected chi connectivity index (χ2v) is 3.36. The van der Waals surface area contributed by atoms with Crippen molar-refractivity contribution < 1.29 is 9.90 Å². The molecule has 0 aliphatic rings. The molecule has 1 aromatic heterocycles. The fourth-order valence-electron chi connectivity index (χ4n) is 1.26. The van der Waals surface area contributed by atoms with Gasteiger partial charge in [-0.3, -0.25) is 4.79 Å². The first-order chi connectivity index (χ1) is 8.20. The van der Waals surface area contributed by atoms with Crippen molar-refractivity contribution in [3.05, 3.63) is 29.6 Å². The van der Waals surface area contributed by atoms with E-state index in [1.54, 1.807) is 19.2 Å². The van der Waals surface area contributed by atoms with Crippen LogP contribution in [0.4, 0.5) is 0 Å². The minimum Gasteiger partial charge on any atom is -0.395 e. The number of likely N-dealkylation sites (N-methyl/N-ethyl adjacent to an activating group) is 1. The Labute approximate surface area is 100 Å². The standard InChI is InChI=1S/C12H15N3O2/c1-15(8-9-16)12(17)11-10(4-2-6-13)5-3-7-14-11/h3,5,7,16H,6,8-9,13H2,1H3. The van der Waals surface area contributed by atoms with Gasteiger partial charge in [-0.05, 0) is 12.1 Å². The summed E-state index contributed by atoms with van der Waals surface area (Å²) in [5.74, 6) is 5.23. The molecule has 5 nitrogen and oxygen atoms in total. The molecule has 0 saturated carbocycles. The quantitative estimate of drug-likeness (QED) is 0.687. The predicted octanol–water partition coefficient (Wildman–Crippen LogP) is -0.544. The van der Waals surface area contributed by atoms with Crippen LogP contribution in [0, 0.1) is 11.8 Å². The Kier molecular flexibility index (Phi) is 5.14. The number of carbonyl (C=O) groups excluding carboxylic acids is 1. The van der Waals surface area contributed by atoms with Gasteiger partial charge in [0.25, 0.3) is 5.91 Å². The second kappa shape index (κ2) is 6.63. The Morgan fingerprint density at radius 3 is 3.06 bits per heavy atom. The zero-order valence-corrected chi connectivity index (χ0v) is 9.68. The molecule has 0 radical (unpaired) electrons. The van der Waals surface area contributed by atoms with E-state index in [0.29, 0.717) is 5.56 Å². The molecule has 1 amide bonds. The van der Waals surface area contributed by atoms with E-state index in [9.17, 15) is 4.79 Å². The number of hydrogen-bond acceptors (Lipinski definition) is 4. The molecule has 3 N–H and O–H groups in total. The average molecular weight is 233 g/mol. The van der Waals surface area contributed by atoms with E-state index in [1.165, 1.54) is 11.1 Å². The molecule has 0 bridgehead atoms. The summed E-state index contributed by atoms with van der Waals surface area (Å²) in [6.45, 7) is 0.410. The van der Waals surface area contributed by atoms with Gasteiger partial charge in [0.2, 0.25) is 0 Å². The molecule has 0 aliphatic carbocycles. The van der Waals surface area contributed by atoms with Gasteiger partial charge in [-0.2, -0.15) is 0 Å². The summed E-state index contributed by atoms with van der Waals surface area (Å²) in [4.78, 5) is 17.4. The fourth-order valence-corrected chi connectivity index (χ4v) is 1.26. The van der Waals surface area contributed by atoms with Crippen molar-refractivity contribution in [2.75, 3.05) is 26.7 Å². The molecule has 1 rings (SSSR count). The van der Waals surface area contributed by atoms with Crippen molar-refractivity contribution in [1.82, 2.24) is 9.88 Å². The maximum absolute atomic E-state index is 12.0. The average Bonchev–Trinajstić information content (AvgIpc) is 2.36. The first-order valence-electron chi connectivity index (χ1n) is 5.21. The minimum absolute atomic E-state index is 0.0844. The summed E-state index contributed by atoms with van der Waals surface area (Å²) in [5, 5.41) is 8.78. The molecular formula is C12H15N3O2. The van der Waals surface area contributed by atoms with E-state index in [2.05, 4.69) is 16.8 Å². The summed E-state index contributed by atoms with van der Waals surface area (Å²) in [6.07, 6.45) is 1.54. The molecule has 0 atom stereocenters. The number of aliphatic hydroxyl groups is 1. The van der Waals surface area contributed by atoms with Crippen molar-refractivity contribution in [3.8, 4) is 11.8 Å². The number of aromatic nitrogens is 1. The van der Waals surface area contributed by atoms with Crippen molar-refractivity contribution in [2.24, 2.45) is 5.73 Å². The van der Waals surface area contributed by atoms with E-state index in [1.807, 2.05) is 0 Å². The van der Waals surface area contributed by atoms with Crippen LogP contribution in [0.3, 0.4) is 0 Å². The van der Waals surface area contributed by atoms with E-state index < -0.39 is 0 Å². The third-order valence-electron chi connectivity index (χ3n) is 2.12. The number of hydrogen-bond donors (Lipinski definition) is 2. The van der Waals surface area contributed by atoms with Crippen LogP contribution in [-0.2, 0) is 0 Å². The molecule has 0 saturated heterocycles. The largest absolute Gasteiger partial charge is 0.395 e. The molecule has 0 aliphatic heterocycles. The van der Waals surface area contributed by atoms with Gasteiger partial charge in [0.05, 0.1) is 18.7 Å². The van der Waals surface area contributed by atoms with Crippen LogP contribution < -0.4 is 5.73 Å². The van der Waals surface area contributed by atoms with Crippen LogP contribution in [0.15, 0.2) is 18.3 Å². The molecule has 0 fully saturated rings. The monoisotopic (exact) mass is 233 g/mol. The number of amides is 1. The van der Waals surface area contributed by atoms with Gasteiger partial charge in [0, 0.05) is 19.8 Å². The highest BCUT2D eigenvalue weighted by Gasteiger charge is 2.15. The van der Waals surface area contributed by atoms with Crippen LogP contribution in [0.2, 0.25) is 0 Å². The van der Waals surface area contributed by atoms with Gasteiger partial charge in [-0.1, -0.05) is 11.8 Å². The Hall–Kier alpha value is -1.90. The highest BCUT2D eigenvalue weighted by Crippen LogP contribution is 2.06. The topological polar surface area (TPSA) is 79.5 Å². The molecule has 0 unspecified atom stereocenters. The lowest BCUT2D eigenvalue weighted by molar-refractivity contribution is 0.0761. The third kappa shape index (κ3) is 3.55. The number of carbonyl (C=O) groups is 1. The number of rotatable bonds is 3. The lowest BCUT2D eigenvalue weighted by atomic mass is 10.2. The number of aliphatic hydroxyl groups excluding tert-OH is 1. The molecule has 1 heterocycles. The van der Waals surface area contributed by atoms with Crippen molar-refractivity contribution in [3.63, 3.8) is 0 Å². The zero-order chi connectivity index (χ0) is 12.7. The summed E-state index contributed by atoms with van der Waals surface area (Å²) >= 11 is 0. The smallest absolute Gasteiger partial charge is 0.273 e. The van der Waals surface area contributed by atoms with Gasteiger partial charge in [0.1, 0.15) is 5.69 Å². The first kappa shape index (κ1) is 13.2. The van der Waals surface area contributed by atoms with E-state index in [-0.39, 0.29) is 31.3 Å². The number of pyridine rings is 1. The molecule has 0 spiro atoms. The first-order valence-corrected chi connectivity index (χ1v) is 5.21. The van der Waals surface area contributed by atoms with Gasteiger partial charge < -0.3 is 15.7 Å². The molecule has 17 heavy (non-hydrogen) atoms. The van der Waals surface area contributed by atoms with E-state index >= 15 is 0 Å². The third-order valence-corrected chi connectivity index (χ3v) is 2.12. The van der Waals surface area contributed by atoms with Crippen molar-refractivity contribution >= 4 is 5.91 Å². The lowest BCUT2D eigenvalue weighted by Gasteiger charge is -2.15. The second-order valence-electron chi connectivity index (χ2n) is 3.36. The van der Waals surface area contributed by atoms with Gasteiger partial charge in [-0.25, -0.2) is 4.98 Å². The predicted molar refractivity (Wildman–Crippen MR) is 64.2 cm³/mol. The van der Waals surface area contributed by atoms with Gasteiger partial charge in [0.15, 0.2) is 0 Å².